The van der Waals surface area contributed by atoms with Crippen LogP contribution in [0.25, 0.3) is 10.9 Å². The second-order valence-corrected chi connectivity index (χ2v) is 6.90. The van der Waals surface area contributed by atoms with Crippen LogP contribution in [0, 0.1) is 5.82 Å². The van der Waals surface area contributed by atoms with Crippen molar-refractivity contribution in [3.8, 4) is 0 Å². The van der Waals surface area contributed by atoms with E-state index in [9.17, 15) is 17.6 Å². The number of aryl methyl sites for hydroxylation is 1. The van der Waals surface area contributed by atoms with Crippen LogP contribution < -0.4 is 5.14 Å². The molecule has 0 radical (unpaired) electrons. The molecule has 6 nitrogen and oxygen atoms in total. The second-order valence-electron chi connectivity index (χ2n) is 5.37. The van der Waals surface area contributed by atoms with E-state index in [1.165, 1.54) is 13.2 Å². The van der Waals surface area contributed by atoms with E-state index in [2.05, 4.69) is 4.74 Å². The molecule has 0 bridgehead atoms. The van der Waals surface area contributed by atoms with Gasteiger partial charge in [-0.15, -0.1) is 0 Å². The van der Waals surface area contributed by atoms with E-state index in [1.54, 1.807) is 6.07 Å². The van der Waals surface area contributed by atoms with Crippen molar-refractivity contribution in [1.29, 1.82) is 0 Å². The number of rotatable bonds is 3. The fraction of sp³-hybridized carbons (Fsp3) is 0.357. The number of hydrogen-bond donors (Lipinski definition) is 1. The Morgan fingerprint density at radius 3 is 2.82 bits per heavy atom. The van der Waals surface area contributed by atoms with Crippen molar-refractivity contribution in [2.24, 2.45) is 5.14 Å². The molecule has 118 valence electrons. The van der Waals surface area contributed by atoms with Gasteiger partial charge in [0.15, 0.2) is 0 Å². The summed E-state index contributed by atoms with van der Waals surface area (Å²) >= 11 is 0. The summed E-state index contributed by atoms with van der Waals surface area (Å²) in [7, 11) is -2.71. The molecule has 0 aliphatic carbocycles. The maximum absolute atomic E-state index is 13.7. The minimum Gasteiger partial charge on any atom is -0.469 e. The number of hydrogen-bond acceptors (Lipinski definition) is 4. The Labute approximate surface area is 126 Å². The molecule has 0 saturated carbocycles. The predicted molar refractivity (Wildman–Crippen MR) is 77.3 cm³/mol. The summed E-state index contributed by atoms with van der Waals surface area (Å²) in [5, 5.41) is 5.55. The maximum Gasteiger partial charge on any atom is 0.306 e. The molecule has 0 saturated heterocycles. The highest BCUT2D eigenvalue weighted by atomic mass is 32.2. The molecule has 8 heteroatoms. The number of fused-ring (bicyclic) bond motifs is 3. The first-order valence-electron chi connectivity index (χ1n) is 6.73. The van der Waals surface area contributed by atoms with Crippen molar-refractivity contribution in [1.82, 2.24) is 4.57 Å². The third kappa shape index (κ3) is 2.38. The molecule has 22 heavy (non-hydrogen) atoms. The van der Waals surface area contributed by atoms with Gasteiger partial charge in [-0.2, -0.15) is 0 Å². The molecule has 2 heterocycles. The van der Waals surface area contributed by atoms with E-state index >= 15 is 0 Å². The molecule has 0 amide bonds. The number of benzene rings is 1. The van der Waals surface area contributed by atoms with Gasteiger partial charge < -0.3 is 9.30 Å². The smallest absolute Gasteiger partial charge is 0.306 e. The SMILES string of the molecule is COC(=O)CC1CCn2c1cc1c(S(N)(=O)=O)cc(F)cc12. The number of halogens is 1. The van der Waals surface area contributed by atoms with Crippen molar-refractivity contribution >= 4 is 26.9 Å². The van der Waals surface area contributed by atoms with Crippen molar-refractivity contribution in [3.05, 3.63) is 29.7 Å². The van der Waals surface area contributed by atoms with Gasteiger partial charge in [-0.25, -0.2) is 17.9 Å². The van der Waals surface area contributed by atoms with Gasteiger partial charge in [0.1, 0.15) is 5.82 Å². The molecule has 1 unspecified atom stereocenters. The van der Waals surface area contributed by atoms with Crippen LogP contribution in [-0.4, -0.2) is 26.1 Å². The van der Waals surface area contributed by atoms with E-state index in [1.807, 2.05) is 4.57 Å². The van der Waals surface area contributed by atoms with Crippen LogP contribution in [0.2, 0.25) is 0 Å². The van der Waals surface area contributed by atoms with Crippen LogP contribution in [-0.2, 0) is 26.1 Å². The lowest BCUT2D eigenvalue weighted by atomic mass is 10.0. The molecule has 1 aliphatic rings. The van der Waals surface area contributed by atoms with Crippen LogP contribution in [0.4, 0.5) is 4.39 Å². The van der Waals surface area contributed by atoms with Gasteiger partial charge in [0.25, 0.3) is 0 Å². The second kappa shape index (κ2) is 5.06. The number of esters is 1. The molecule has 0 spiro atoms. The van der Waals surface area contributed by atoms with Crippen molar-refractivity contribution in [2.45, 2.75) is 30.2 Å². The van der Waals surface area contributed by atoms with Gasteiger partial charge in [-0.3, -0.25) is 4.79 Å². The lowest BCUT2D eigenvalue weighted by molar-refractivity contribution is -0.141. The Hall–Kier alpha value is -1.93. The summed E-state index contributed by atoms with van der Waals surface area (Å²) in [6.45, 7) is 0.591. The third-order valence-electron chi connectivity index (χ3n) is 4.05. The van der Waals surface area contributed by atoms with E-state index < -0.39 is 15.8 Å². The number of methoxy groups -OCH3 is 1. The highest BCUT2D eigenvalue weighted by molar-refractivity contribution is 7.89. The molecular weight excluding hydrogens is 311 g/mol. The van der Waals surface area contributed by atoms with E-state index in [0.717, 1.165) is 18.2 Å². The molecule has 2 N–H and O–H groups in total. The quantitative estimate of drug-likeness (QED) is 0.865. The predicted octanol–water partition coefficient (Wildman–Crippen LogP) is 1.48. The third-order valence-corrected chi connectivity index (χ3v) is 5.00. The Bertz CT molecular complexity index is 873. The number of carbonyl (C=O) groups is 1. The van der Waals surface area contributed by atoms with Crippen molar-refractivity contribution in [3.63, 3.8) is 0 Å². The number of aromatic nitrogens is 1. The standard InChI is InChI=1S/C14H15FN2O4S/c1-21-14(18)4-8-2-3-17-11(8)7-10-12(17)5-9(15)6-13(10)22(16,19)20/h5-8H,2-4H2,1H3,(H2,16,19,20). The number of ether oxygens (including phenoxy) is 1. The molecule has 1 atom stereocenters. The van der Waals surface area contributed by atoms with Crippen LogP contribution in [0.15, 0.2) is 23.1 Å². The lowest BCUT2D eigenvalue weighted by Gasteiger charge is -2.06. The zero-order valence-corrected chi connectivity index (χ0v) is 12.7. The molecule has 1 aromatic carbocycles. The first-order valence-corrected chi connectivity index (χ1v) is 8.28. The highest BCUT2D eigenvalue weighted by Gasteiger charge is 2.29. The summed E-state index contributed by atoms with van der Waals surface area (Å²) < 4.78 is 43.6. The van der Waals surface area contributed by atoms with Crippen LogP contribution in [0.5, 0.6) is 0 Å². The van der Waals surface area contributed by atoms with E-state index in [4.69, 9.17) is 5.14 Å². The first kappa shape index (κ1) is 15.0. The highest BCUT2D eigenvalue weighted by Crippen LogP contribution is 2.38. The zero-order valence-electron chi connectivity index (χ0n) is 11.9. The van der Waals surface area contributed by atoms with Gasteiger partial charge in [0.05, 0.1) is 23.9 Å². The lowest BCUT2D eigenvalue weighted by Crippen LogP contribution is -2.13. The first-order chi connectivity index (χ1) is 10.3. The average molecular weight is 326 g/mol. The average Bonchev–Trinajstić information content (AvgIpc) is 2.97. The van der Waals surface area contributed by atoms with E-state index in [-0.39, 0.29) is 23.2 Å². The van der Waals surface area contributed by atoms with Gasteiger partial charge in [-0.05, 0) is 24.6 Å². The molecule has 2 aromatic rings. The molecular formula is C14H15FN2O4S. The minimum atomic E-state index is -4.03. The molecule has 0 fully saturated rings. The van der Waals surface area contributed by atoms with Gasteiger partial charge in [0, 0.05) is 23.5 Å². The van der Waals surface area contributed by atoms with Gasteiger partial charge in [0.2, 0.25) is 10.0 Å². The monoisotopic (exact) mass is 326 g/mol. The summed E-state index contributed by atoms with van der Waals surface area (Å²) in [6, 6.07) is 3.88. The fourth-order valence-electron chi connectivity index (χ4n) is 3.06. The Morgan fingerprint density at radius 2 is 2.18 bits per heavy atom. The Balaban J connectivity index is 2.18. The number of carbonyl (C=O) groups excluding carboxylic acids is 1. The number of nitrogens with two attached hydrogens (primary N) is 1. The van der Waals surface area contributed by atoms with Crippen LogP contribution in [0.3, 0.4) is 0 Å². The molecule has 3 rings (SSSR count). The Morgan fingerprint density at radius 1 is 1.45 bits per heavy atom. The van der Waals surface area contributed by atoms with E-state index in [0.29, 0.717) is 17.4 Å². The number of sulfonamides is 1. The number of nitrogens with zero attached hydrogens (tertiary/aromatic N) is 1. The summed E-state index contributed by atoms with van der Waals surface area (Å²) in [5.41, 5.74) is 1.28. The number of primary sulfonamides is 1. The maximum atomic E-state index is 13.7. The van der Waals surface area contributed by atoms with Crippen LogP contribution in [0.1, 0.15) is 24.5 Å². The summed E-state index contributed by atoms with van der Waals surface area (Å²) in [6.07, 6.45) is 0.932. The Kier molecular flexibility index (Phi) is 3.45. The van der Waals surface area contributed by atoms with Crippen molar-refractivity contribution in [2.75, 3.05) is 7.11 Å². The summed E-state index contributed by atoms with van der Waals surface area (Å²) in [4.78, 5) is 11.2. The van der Waals surface area contributed by atoms with Crippen molar-refractivity contribution < 1.29 is 22.3 Å². The minimum absolute atomic E-state index is 0.0729. The van der Waals surface area contributed by atoms with Gasteiger partial charge >= 0.3 is 5.97 Å². The van der Waals surface area contributed by atoms with Gasteiger partial charge in [-0.1, -0.05) is 0 Å². The summed E-state index contributed by atoms with van der Waals surface area (Å²) in [5.74, 6) is -1.06. The molecule has 1 aliphatic heterocycles. The fourth-order valence-corrected chi connectivity index (χ4v) is 3.81. The zero-order chi connectivity index (χ0) is 16.1. The van der Waals surface area contributed by atoms with Crippen LogP contribution >= 0.6 is 0 Å². The molecule has 1 aromatic heterocycles. The normalized spacial score (nSPS) is 17.7. The topological polar surface area (TPSA) is 91.4 Å². The largest absolute Gasteiger partial charge is 0.469 e.